The molecule has 0 spiro atoms. The standard InChI is InChI=1S/C4H8O6S2/c1-3-12(7,8)10-4-9-11(2,5)6/h3H,1,4H2,2H3. The second-order valence-corrected chi connectivity index (χ2v) is 4.92. The van der Waals surface area contributed by atoms with Crippen LogP contribution in [-0.4, -0.2) is 29.9 Å². The van der Waals surface area contributed by atoms with Crippen molar-refractivity contribution < 1.29 is 25.2 Å². The molecular weight excluding hydrogens is 208 g/mol. The SMILES string of the molecule is C=CS(=O)(=O)OCOS(C)(=O)=O. The molecule has 0 atom stereocenters. The second-order valence-electron chi connectivity index (χ2n) is 1.72. The van der Waals surface area contributed by atoms with Gasteiger partial charge in [0, 0.05) is 0 Å². The van der Waals surface area contributed by atoms with Crippen molar-refractivity contribution in [3.8, 4) is 0 Å². The molecular formula is C4H8O6S2. The molecule has 0 heterocycles. The molecule has 0 fully saturated rings. The lowest BCUT2D eigenvalue weighted by Gasteiger charge is -1.99. The van der Waals surface area contributed by atoms with Crippen LogP contribution in [0.1, 0.15) is 0 Å². The Labute approximate surface area is 71.0 Å². The van der Waals surface area contributed by atoms with Crippen LogP contribution in [0.4, 0.5) is 0 Å². The molecule has 72 valence electrons. The molecule has 0 radical (unpaired) electrons. The molecule has 0 bridgehead atoms. The zero-order valence-corrected chi connectivity index (χ0v) is 7.89. The lowest BCUT2D eigenvalue weighted by atomic mass is 11.3. The summed E-state index contributed by atoms with van der Waals surface area (Å²) in [4.78, 5) is 0. The molecule has 0 aliphatic carbocycles. The number of hydrogen-bond donors (Lipinski definition) is 0. The summed E-state index contributed by atoms with van der Waals surface area (Å²) in [7, 11) is -7.55. The summed E-state index contributed by atoms with van der Waals surface area (Å²) in [5.41, 5.74) is 0. The van der Waals surface area contributed by atoms with E-state index < -0.39 is 27.0 Å². The molecule has 0 amide bonds. The minimum Gasteiger partial charge on any atom is -0.240 e. The number of hydrogen-bond acceptors (Lipinski definition) is 6. The molecule has 0 N–H and O–H groups in total. The quantitative estimate of drug-likeness (QED) is 0.451. The zero-order chi connectivity index (χ0) is 9.83. The third-order valence-corrected chi connectivity index (χ3v) is 2.04. The Morgan fingerprint density at radius 1 is 1.25 bits per heavy atom. The summed E-state index contributed by atoms with van der Waals surface area (Å²) in [5.74, 6) is 0. The third kappa shape index (κ3) is 6.28. The van der Waals surface area contributed by atoms with E-state index in [1.807, 2.05) is 0 Å². The first-order valence-electron chi connectivity index (χ1n) is 2.63. The van der Waals surface area contributed by atoms with Gasteiger partial charge in [0.05, 0.1) is 11.7 Å². The van der Waals surface area contributed by atoms with Gasteiger partial charge in [0.1, 0.15) is 0 Å². The minimum atomic E-state index is -3.87. The van der Waals surface area contributed by atoms with E-state index in [1.54, 1.807) is 0 Å². The smallest absolute Gasteiger partial charge is 0.240 e. The molecule has 0 unspecified atom stereocenters. The third-order valence-electron chi connectivity index (χ3n) is 0.679. The van der Waals surface area contributed by atoms with Gasteiger partial charge in [-0.2, -0.15) is 16.8 Å². The molecule has 0 saturated carbocycles. The molecule has 8 heteroatoms. The van der Waals surface area contributed by atoms with Crippen LogP contribution in [0.25, 0.3) is 0 Å². The van der Waals surface area contributed by atoms with E-state index in [0.29, 0.717) is 5.41 Å². The van der Waals surface area contributed by atoms with Gasteiger partial charge in [-0.25, -0.2) is 8.37 Å². The maximum absolute atomic E-state index is 10.5. The fourth-order valence-corrected chi connectivity index (χ4v) is 0.784. The average molecular weight is 216 g/mol. The van der Waals surface area contributed by atoms with Gasteiger partial charge in [-0.1, -0.05) is 6.58 Å². The maximum Gasteiger partial charge on any atom is 0.291 e. The van der Waals surface area contributed by atoms with Crippen LogP contribution in [0, 0.1) is 0 Å². The van der Waals surface area contributed by atoms with Gasteiger partial charge in [0.25, 0.3) is 20.2 Å². The highest BCUT2D eigenvalue weighted by Crippen LogP contribution is 1.95. The van der Waals surface area contributed by atoms with Crippen LogP contribution in [0.3, 0.4) is 0 Å². The van der Waals surface area contributed by atoms with Crippen LogP contribution >= 0.6 is 0 Å². The Balaban J connectivity index is 3.97. The van der Waals surface area contributed by atoms with Crippen LogP contribution in [0.2, 0.25) is 0 Å². The predicted molar refractivity (Wildman–Crippen MR) is 41.0 cm³/mol. The van der Waals surface area contributed by atoms with E-state index in [2.05, 4.69) is 14.9 Å². The first kappa shape index (κ1) is 11.6. The number of rotatable bonds is 5. The largest absolute Gasteiger partial charge is 0.291 e. The van der Waals surface area contributed by atoms with Crippen molar-refractivity contribution in [3.63, 3.8) is 0 Å². The van der Waals surface area contributed by atoms with Crippen molar-refractivity contribution in [1.82, 2.24) is 0 Å². The Bertz CT molecular complexity index is 336. The van der Waals surface area contributed by atoms with Gasteiger partial charge in [-0.15, -0.1) is 0 Å². The molecule has 0 aliphatic rings. The second kappa shape index (κ2) is 3.99. The Kier molecular flexibility index (Phi) is 3.84. The van der Waals surface area contributed by atoms with Crippen molar-refractivity contribution in [3.05, 3.63) is 12.0 Å². The molecule has 0 aromatic carbocycles. The maximum atomic E-state index is 10.5. The van der Waals surface area contributed by atoms with Crippen molar-refractivity contribution in [1.29, 1.82) is 0 Å². The highest BCUT2D eigenvalue weighted by molar-refractivity contribution is 7.89. The lowest BCUT2D eigenvalue weighted by molar-refractivity contribution is 0.135. The first-order valence-corrected chi connectivity index (χ1v) is 5.92. The average Bonchev–Trinajstić information content (AvgIpc) is 1.84. The van der Waals surface area contributed by atoms with E-state index in [4.69, 9.17) is 0 Å². The van der Waals surface area contributed by atoms with E-state index in [1.165, 1.54) is 0 Å². The summed E-state index contributed by atoms with van der Waals surface area (Å²) in [5, 5.41) is 0.540. The van der Waals surface area contributed by atoms with Gasteiger partial charge in [-0.3, -0.25) is 0 Å². The van der Waals surface area contributed by atoms with Crippen LogP contribution in [-0.2, 0) is 28.6 Å². The van der Waals surface area contributed by atoms with Gasteiger partial charge < -0.3 is 0 Å². The minimum absolute atomic E-state index is 0.540. The normalized spacial score (nSPS) is 12.8. The van der Waals surface area contributed by atoms with Crippen LogP contribution in [0.15, 0.2) is 12.0 Å². The van der Waals surface area contributed by atoms with Crippen LogP contribution < -0.4 is 0 Å². The van der Waals surface area contributed by atoms with Crippen molar-refractivity contribution in [2.45, 2.75) is 0 Å². The summed E-state index contributed by atoms with van der Waals surface area (Å²) < 4.78 is 49.5. The predicted octanol–water partition coefficient (Wildman–Crippen LogP) is -0.590. The Hall–Kier alpha value is -0.440. The van der Waals surface area contributed by atoms with E-state index in [-0.39, 0.29) is 0 Å². The molecule has 12 heavy (non-hydrogen) atoms. The molecule has 0 aromatic rings. The monoisotopic (exact) mass is 216 g/mol. The molecule has 0 aromatic heterocycles. The topological polar surface area (TPSA) is 86.7 Å². The van der Waals surface area contributed by atoms with Gasteiger partial charge >= 0.3 is 0 Å². The molecule has 0 rings (SSSR count). The van der Waals surface area contributed by atoms with E-state index in [9.17, 15) is 16.8 Å². The lowest BCUT2D eigenvalue weighted by Crippen LogP contribution is -2.10. The van der Waals surface area contributed by atoms with E-state index in [0.717, 1.165) is 6.26 Å². The van der Waals surface area contributed by atoms with Gasteiger partial charge in [0.15, 0.2) is 6.79 Å². The molecule has 0 aliphatic heterocycles. The zero-order valence-electron chi connectivity index (χ0n) is 6.26. The van der Waals surface area contributed by atoms with Gasteiger partial charge in [-0.05, 0) is 0 Å². The summed E-state index contributed by atoms with van der Waals surface area (Å²) in [6, 6.07) is 0. The fourth-order valence-electron chi connectivity index (χ4n) is 0.222. The molecule has 6 nitrogen and oxygen atoms in total. The Morgan fingerprint density at radius 3 is 2.08 bits per heavy atom. The van der Waals surface area contributed by atoms with E-state index >= 15 is 0 Å². The highest BCUT2D eigenvalue weighted by Gasteiger charge is 2.07. The first-order chi connectivity index (χ1) is 5.27. The van der Waals surface area contributed by atoms with Crippen molar-refractivity contribution >= 4 is 20.2 Å². The summed E-state index contributed by atoms with van der Waals surface area (Å²) >= 11 is 0. The van der Waals surface area contributed by atoms with Crippen molar-refractivity contribution in [2.75, 3.05) is 13.0 Å². The van der Waals surface area contributed by atoms with Gasteiger partial charge in [0.2, 0.25) is 0 Å². The Morgan fingerprint density at radius 2 is 1.75 bits per heavy atom. The van der Waals surface area contributed by atoms with Crippen LogP contribution in [0.5, 0.6) is 0 Å². The van der Waals surface area contributed by atoms with Crippen molar-refractivity contribution in [2.24, 2.45) is 0 Å². The summed E-state index contributed by atoms with van der Waals surface area (Å²) in [6.45, 7) is 2.06. The summed E-state index contributed by atoms with van der Waals surface area (Å²) in [6.07, 6.45) is 0.775. The highest BCUT2D eigenvalue weighted by atomic mass is 32.2. The fraction of sp³-hybridized carbons (Fsp3) is 0.500. The molecule has 0 saturated heterocycles.